The van der Waals surface area contributed by atoms with Crippen molar-refractivity contribution in [3.8, 4) is 0 Å². The minimum Gasteiger partial charge on any atom is -0.325 e. The normalized spacial score (nSPS) is 19.3. The molecular formula is C16H25ClN2O2S. The number of carbonyl (C=O) groups is 1. The van der Waals surface area contributed by atoms with Crippen LogP contribution in [-0.2, 0) is 21.3 Å². The van der Waals surface area contributed by atoms with E-state index in [0.29, 0.717) is 5.75 Å². The fraction of sp³-hybridized carbons (Fsp3) is 0.562. The largest absolute Gasteiger partial charge is 0.325 e. The van der Waals surface area contributed by atoms with Crippen LogP contribution in [0.3, 0.4) is 0 Å². The smallest absolute Gasteiger partial charge is 0.241 e. The standard InChI is InChI=1S/C16H24N2O2S.ClH/c1-16(2,3)21(20)11-12-6-4-7-13(10-12)18-15(19)14-8-5-9-17-14;/h4,6-7,10,14,17H,5,8-9,11H2,1-3H3,(H,18,19);1H. The minimum absolute atomic E-state index is 0. The molecule has 124 valence electrons. The molecule has 2 N–H and O–H groups in total. The van der Waals surface area contributed by atoms with Crippen LogP contribution in [0.15, 0.2) is 24.3 Å². The van der Waals surface area contributed by atoms with Gasteiger partial charge >= 0.3 is 0 Å². The molecule has 22 heavy (non-hydrogen) atoms. The van der Waals surface area contributed by atoms with Gasteiger partial charge in [-0.3, -0.25) is 9.00 Å². The van der Waals surface area contributed by atoms with Gasteiger partial charge in [0.05, 0.1) is 6.04 Å². The van der Waals surface area contributed by atoms with Crippen LogP contribution in [0.1, 0.15) is 39.2 Å². The number of hydrogen-bond donors (Lipinski definition) is 2. The lowest BCUT2D eigenvalue weighted by atomic mass is 10.2. The quantitative estimate of drug-likeness (QED) is 0.883. The highest BCUT2D eigenvalue weighted by atomic mass is 35.5. The fourth-order valence-corrected chi connectivity index (χ4v) is 3.16. The lowest BCUT2D eigenvalue weighted by Crippen LogP contribution is -2.35. The van der Waals surface area contributed by atoms with E-state index in [2.05, 4.69) is 10.6 Å². The van der Waals surface area contributed by atoms with Crippen molar-refractivity contribution < 1.29 is 9.00 Å². The molecule has 0 saturated carbocycles. The van der Waals surface area contributed by atoms with Gasteiger partial charge < -0.3 is 10.6 Å². The van der Waals surface area contributed by atoms with Crippen LogP contribution in [0.5, 0.6) is 0 Å². The molecule has 0 spiro atoms. The van der Waals surface area contributed by atoms with Gasteiger partial charge in [0.25, 0.3) is 0 Å². The molecule has 0 aliphatic carbocycles. The maximum absolute atomic E-state index is 12.2. The highest BCUT2D eigenvalue weighted by Crippen LogP contribution is 2.19. The van der Waals surface area contributed by atoms with E-state index in [4.69, 9.17) is 0 Å². The van der Waals surface area contributed by atoms with Gasteiger partial charge in [-0.25, -0.2) is 0 Å². The average Bonchev–Trinajstić information content (AvgIpc) is 2.91. The van der Waals surface area contributed by atoms with E-state index in [1.54, 1.807) is 0 Å². The van der Waals surface area contributed by atoms with E-state index >= 15 is 0 Å². The molecule has 1 aromatic carbocycles. The second-order valence-corrected chi connectivity index (χ2v) is 8.65. The molecule has 0 bridgehead atoms. The van der Waals surface area contributed by atoms with E-state index in [1.165, 1.54) is 0 Å². The van der Waals surface area contributed by atoms with Gasteiger partial charge in [0.2, 0.25) is 5.91 Å². The van der Waals surface area contributed by atoms with Crippen molar-refractivity contribution in [2.75, 3.05) is 11.9 Å². The molecule has 2 rings (SSSR count). The third kappa shape index (κ3) is 5.38. The summed E-state index contributed by atoms with van der Waals surface area (Å²) < 4.78 is 12.0. The summed E-state index contributed by atoms with van der Waals surface area (Å²) in [5, 5.41) is 6.12. The second kappa shape index (κ2) is 8.09. The summed E-state index contributed by atoms with van der Waals surface area (Å²) in [4.78, 5) is 12.1. The van der Waals surface area contributed by atoms with Gasteiger partial charge in [-0.2, -0.15) is 0 Å². The Bertz CT molecular complexity index is 537. The SMILES string of the molecule is CC(C)(C)S(=O)Cc1cccc(NC(=O)C2CCCN2)c1.Cl. The predicted molar refractivity (Wildman–Crippen MR) is 94.9 cm³/mol. The zero-order valence-electron chi connectivity index (χ0n) is 13.3. The number of halogens is 1. The summed E-state index contributed by atoms with van der Waals surface area (Å²) in [6.07, 6.45) is 1.93. The molecule has 1 heterocycles. The first-order chi connectivity index (χ1) is 9.86. The zero-order chi connectivity index (χ0) is 15.5. The van der Waals surface area contributed by atoms with Crippen molar-refractivity contribution in [3.05, 3.63) is 29.8 Å². The Hall–Kier alpha value is -0.910. The Morgan fingerprint density at radius 1 is 1.41 bits per heavy atom. The van der Waals surface area contributed by atoms with Crippen molar-refractivity contribution in [2.24, 2.45) is 0 Å². The second-order valence-electron chi connectivity index (χ2n) is 6.44. The number of carbonyl (C=O) groups excluding carboxylic acids is 1. The summed E-state index contributed by atoms with van der Waals surface area (Å²) in [7, 11) is -0.936. The predicted octanol–water partition coefficient (Wildman–Crippen LogP) is 2.85. The van der Waals surface area contributed by atoms with Crippen LogP contribution in [0.2, 0.25) is 0 Å². The lowest BCUT2D eigenvalue weighted by molar-refractivity contribution is -0.117. The van der Waals surface area contributed by atoms with Gasteiger partial charge in [-0.1, -0.05) is 12.1 Å². The molecular weight excluding hydrogens is 320 g/mol. The summed E-state index contributed by atoms with van der Waals surface area (Å²) >= 11 is 0. The number of nitrogens with one attached hydrogen (secondary N) is 2. The molecule has 6 heteroatoms. The van der Waals surface area contributed by atoms with Crippen LogP contribution in [-0.4, -0.2) is 27.4 Å². The van der Waals surface area contributed by atoms with Gasteiger partial charge in [-0.05, 0) is 57.9 Å². The Morgan fingerprint density at radius 2 is 2.14 bits per heavy atom. The summed E-state index contributed by atoms with van der Waals surface area (Å²) in [6, 6.07) is 7.55. The summed E-state index contributed by atoms with van der Waals surface area (Å²) in [5.74, 6) is 0.524. The Labute approximate surface area is 141 Å². The monoisotopic (exact) mass is 344 g/mol. The maximum atomic E-state index is 12.2. The van der Waals surface area contributed by atoms with Crippen molar-refractivity contribution in [2.45, 2.75) is 50.2 Å². The van der Waals surface area contributed by atoms with E-state index in [-0.39, 0.29) is 29.1 Å². The molecule has 1 aliphatic rings. The molecule has 2 atom stereocenters. The molecule has 1 saturated heterocycles. The first kappa shape index (κ1) is 19.1. The fourth-order valence-electron chi connectivity index (χ4n) is 2.24. The zero-order valence-corrected chi connectivity index (χ0v) is 15.0. The van der Waals surface area contributed by atoms with E-state index in [1.807, 2.05) is 45.0 Å². The van der Waals surface area contributed by atoms with E-state index in [9.17, 15) is 9.00 Å². The summed E-state index contributed by atoms with van der Waals surface area (Å²) in [5.41, 5.74) is 1.76. The van der Waals surface area contributed by atoms with E-state index in [0.717, 1.165) is 30.6 Å². The molecule has 0 aromatic heterocycles. The first-order valence-electron chi connectivity index (χ1n) is 7.38. The van der Waals surface area contributed by atoms with Gasteiger partial charge in [0.15, 0.2) is 0 Å². The molecule has 4 nitrogen and oxygen atoms in total. The molecule has 1 fully saturated rings. The number of rotatable bonds is 4. The topological polar surface area (TPSA) is 58.2 Å². The van der Waals surface area contributed by atoms with Gasteiger partial charge in [0.1, 0.15) is 0 Å². The first-order valence-corrected chi connectivity index (χ1v) is 8.70. The van der Waals surface area contributed by atoms with E-state index < -0.39 is 10.8 Å². The maximum Gasteiger partial charge on any atom is 0.241 e. The van der Waals surface area contributed by atoms with Crippen LogP contribution < -0.4 is 10.6 Å². The Morgan fingerprint density at radius 3 is 2.73 bits per heavy atom. The Kier molecular flexibility index (Phi) is 7.03. The van der Waals surface area contributed by atoms with Crippen LogP contribution >= 0.6 is 12.4 Å². The third-order valence-electron chi connectivity index (χ3n) is 3.55. The molecule has 1 aliphatic heterocycles. The third-order valence-corrected chi connectivity index (χ3v) is 5.51. The summed E-state index contributed by atoms with van der Waals surface area (Å²) in [6.45, 7) is 6.82. The van der Waals surface area contributed by atoms with Crippen LogP contribution in [0.25, 0.3) is 0 Å². The molecule has 1 amide bonds. The van der Waals surface area contributed by atoms with Gasteiger partial charge in [-0.15, -0.1) is 12.4 Å². The lowest BCUT2D eigenvalue weighted by Gasteiger charge is -2.18. The van der Waals surface area contributed by atoms with Crippen molar-refractivity contribution in [1.82, 2.24) is 5.32 Å². The van der Waals surface area contributed by atoms with Crippen LogP contribution in [0, 0.1) is 0 Å². The highest BCUT2D eigenvalue weighted by molar-refractivity contribution is 7.85. The molecule has 2 unspecified atom stereocenters. The van der Waals surface area contributed by atoms with Crippen molar-refractivity contribution in [1.29, 1.82) is 0 Å². The number of amides is 1. The number of anilines is 1. The molecule has 1 aromatic rings. The molecule has 0 radical (unpaired) electrons. The number of benzene rings is 1. The minimum atomic E-state index is -0.936. The van der Waals surface area contributed by atoms with Crippen molar-refractivity contribution >= 4 is 34.8 Å². The average molecular weight is 345 g/mol. The van der Waals surface area contributed by atoms with Crippen LogP contribution in [0.4, 0.5) is 5.69 Å². The number of hydrogen-bond acceptors (Lipinski definition) is 3. The van der Waals surface area contributed by atoms with Gasteiger partial charge in [0, 0.05) is 27.0 Å². The highest BCUT2D eigenvalue weighted by Gasteiger charge is 2.22. The Balaban J connectivity index is 0.00000242. The van der Waals surface area contributed by atoms with Crippen molar-refractivity contribution in [3.63, 3.8) is 0 Å².